The molecule has 0 aromatic heterocycles. The molecule has 0 spiro atoms. The summed E-state index contributed by atoms with van der Waals surface area (Å²) in [7, 11) is 1.99. The lowest BCUT2D eigenvalue weighted by Gasteiger charge is -2.44. The highest BCUT2D eigenvalue weighted by molar-refractivity contribution is 4.87. The third-order valence-corrected chi connectivity index (χ3v) is 3.06. The Morgan fingerprint density at radius 2 is 2.12 bits per heavy atom. The van der Waals surface area contributed by atoms with E-state index in [4.69, 9.17) is 4.74 Å². The van der Waals surface area contributed by atoms with Crippen LogP contribution in [0.3, 0.4) is 0 Å². The van der Waals surface area contributed by atoms with Crippen molar-refractivity contribution < 1.29 is 9.84 Å². The minimum absolute atomic E-state index is 0.0517. The molecule has 0 radical (unpaired) electrons. The molecule has 0 saturated carbocycles. The van der Waals surface area contributed by atoms with E-state index < -0.39 is 0 Å². The molecule has 1 aliphatic rings. The number of aliphatic hydroxyl groups is 1. The molecule has 0 aliphatic carbocycles. The van der Waals surface area contributed by atoms with Gasteiger partial charge in [0.15, 0.2) is 0 Å². The van der Waals surface area contributed by atoms with Crippen LogP contribution in [-0.2, 0) is 4.74 Å². The van der Waals surface area contributed by atoms with Crippen LogP contribution in [0.25, 0.3) is 0 Å². The van der Waals surface area contributed by atoms with E-state index in [0.717, 1.165) is 26.2 Å². The summed E-state index contributed by atoms with van der Waals surface area (Å²) in [5, 5.41) is 12.5. The van der Waals surface area contributed by atoms with Crippen molar-refractivity contribution in [1.29, 1.82) is 0 Å². The molecule has 0 bridgehead atoms. The third-order valence-electron chi connectivity index (χ3n) is 3.06. The fourth-order valence-electron chi connectivity index (χ4n) is 2.77. The molecule has 1 rings (SSSR count). The molecule has 2 N–H and O–H groups in total. The highest BCUT2D eigenvalue weighted by atomic mass is 16.5. The van der Waals surface area contributed by atoms with Crippen LogP contribution in [0, 0.1) is 5.41 Å². The average Bonchev–Trinajstić information content (AvgIpc) is 2.13. The molecule has 1 saturated heterocycles. The lowest BCUT2D eigenvalue weighted by atomic mass is 9.91. The molecule has 1 fully saturated rings. The van der Waals surface area contributed by atoms with Crippen molar-refractivity contribution in [3.05, 3.63) is 0 Å². The van der Waals surface area contributed by atoms with Crippen molar-refractivity contribution >= 4 is 0 Å². The molecule has 4 nitrogen and oxygen atoms in total. The first-order valence-corrected chi connectivity index (χ1v) is 6.44. The molecule has 1 aliphatic heterocycles. The van der Waals surface area contributed by atoms with Gasteiger partial charge < -0.3 is 15.2 Å². The standard InChI is InChI=1S/C13H28N2O2/c1-12(2,8-14-5)9-15-6-11(7-16)17-13(3,4)10-15/h11,14,16H,6-10H2,1-5H3. The van der Waals surface area contributed by atoms with E-state index >= 15 is 0 Å². The van der Waals surface area contributed by atoms with Crippen LogP contribution in [-0.4, -0.2) is 61.5 Å². The Kier molecular flexibility index (Phi) is 4.95. The normalized spacial score (nSPS) is 26.1. The second-order valence-electron chi connectivity index (χ2n) is 6.55. The zero-order chi connectivity index (χ0) is 13.1. The summed E-state index contributed by atoms with van der Waals surface area (Å²) in [6, 6.07) is 0. The van der Waals surface area contributed by atoms with Crippen LogP contribution in [0.4, 0.5) is 0 Å². The maximum atomic E-state index is 9.28. The Hall–Kier alpha value is -0.160. The van der Waals surface area contributed by atoms with E-state index in [1.54, 1.807) is 0 Å². The van der Waals surface area contributed by atoms with Crippen molar-refractivity contribution in [2.24, 2.45) is 5.41 Å². The molecule has 0 amide bonds. The molecule has 1 unspecified atom stereocenters. The molecule has 17 heavy (non-hydrogen) atoms. The van der Waals surface area contributed by atoms with Crippen molar-refractivity contribution in [3.8, 4) is 0 Å². The highest BCUT2D eigenvalue weighted by Crippen LogP contribution is 2.24. The molecule has 0 aromatic carbocycles. The smallest absolute Gasteiger partial charge is 0.0940 e. The minimum atomic E-state index is -0.165. The van der Waals surface area contributed by atoms with Gasteiger partial charge >= 0.3 is 0 Å². The summed E-state index contributed by atoms with van der Waals surface area (Å²) in [6.07, 6.45) is -0.0517. The molecule has 102 valence electrons. The summed E-state index contributed by atoms with van der Waals surface area (Å²) in [6.45, 7) is 12.6. The number of nitrogens with zero attached hydrogens (tertiary/aromatic N) is 1. The number of ether oxygens (including phenoxy) is 1. The van der Waals surface area contributed by atoms with Gasteiger partial charge in [-0.15, -0.1) is 0 Å². The Labute approximate surface area is 105 Å². The molecule has 4 heteroatoms. The first-order valence-electron chi connectivity index (χ1n) is 6.44. The predicted molar refractivity (Wildman–Crippen MR) is 70.2 cm³/mol. The molecule has 0 aromatic rings. The highest BCUT2D eigenvalue weighted by Gasteiger charge is 2.35. The van der Waals surface area contributed by atoms with Gasteiger partial charge in [0, 0.05) is 26.2 Å². The zero-order valence-electron chi connectivity index (χ0n) is 11.9. The summed E-state index contributed by atoms with van der Waals surface area (Å²) in [4.78, 5) is 2.40. The van der Waals surface area contributed by atoms with Gasteiger partial charge in [0.05, 0.1) is 18.3 Å². The van der Waals surface area contributed by atoms with Crippen LogP contribution in [0.1, 0.15) is 27.7 Å². The maximum absolute atomic E-state index is 9.28. The SMILES string of the molecule is CNCC(C)(C)CN1CC(CO)OC(C)(C)C1. The minimum Gasteiger partial charge on any atom is -0.394 e. The quantitative estimate of drug-likeness (QED) is 0.747. The Morgan fingerprint density at radius 1 is 1.47 bits per heavy atom. The lowest BCUT2D eigenvalue weighted by molar-refractivity contribution is -0.153. The van der Waals surface area contributed by atoms with E-state index in [9.17, 15) is 5.11 Å². The van der Waals surface area contributed by atoms with Gasteiger partial charge in [-0.25, -0.2) is 0 Å². The van der Waals surface area contributed by atoms with E-state index in [0.29, 0.717) is 0 Å². The Morgan fingerprint density at radius 3 is 2.65 bits per heavy atom. The number of morpholine rings is 1. The fraction of sp³-hybridized carbons (Fsp3) is 1.00. The number of aliphatic hydroxyl groups excluding tert-OH is 1. The summed E-state index contributed by atoms with van der Waals surface area (Å²) in [5.41, 5.74) is 0.0730. The first-order chi connectivity index (χ1) is 7.78. The van der Waals surface area contributed by atoms with Crippen LogP contribution >= 0.6 is 0 Å². The number of hydrogen-bond acceptors (Lipinski definition) is 4. The summed E-state index contributed by atoms with van der Waals surface area (Å²) in [5.74, 6) is 0. The summed E-state index contributed by atoms with van der Waals surface area (Å²) < 4.78 is 5.82. The van der Waals surface area contributed by atoms with Crippen LogP contribution in [0.5, 0.6) is 0 Å². The number of rotatable bonds is 5. The van der Waals surface area contributed by atoms with Gasteiger partial charge in [0.2, 0.25) is 0 Å². The van der Waals surface area contributed by atoms with Gasteiger partial charge in [0.1, 0.15) is 0 Å². The Balaban J connectivity index is 2.58. The average molecular weight is 244 g/mol. The van der Waals surface area contributed by atoms with Crippen molar-refractivity contribution in [1.82, 2.24) is 10.2 Å². The van der Waals surface area contributed by atoms with Gasteiger partial charge in [-0.1, -0.05) is 13.8 Å². The van der Waals surface area contributed by atoms with Gasteiger partial charge in [0.25, 0.3) is 0 Å². The van der Waals surface area contributed by atoms with Crippen molar-refractivity contribution in [3.63, 3.8) is 0 Å². The Bertz CT molecular complexity index is 242. The maximum Gasteiger partial charge on any atom is 0.0940 e. The largest absolute Gasteiger partial charge is 0.394 e. The predicted octanol–water partition coefficient (Wildman–Crippen LogP) is 0.704. The van der Waals surface area contributed by atoms with Crippen LogP contribution in [0.15, 0.2) is 0 Å². The van der Waals surface area contributed by atoms with Gasteiger partial charge in [-0.2, -0.15) is 0 Å². The van der Waals surface area contributed by atoms with Crippen LogP contribution in [0.2, 0.25) is 0 Å². The van der Waals surface area contributed by atoms with E-state index in [-0.39, 0.29) is 23.7 Å². The molecule has 1 heterocycles. The molecular weight excluding hydrogens is 216 g/mol. The zero-order valence-corrected chi connectivity index (χ0v) is 11.9. The van der Waals surface area contributed by atoms with Gasteiger partial charge in [-0.3, -0.25) is 4.90 Å². The van der Waals surface area contributed by atoms with Crippen LogP contribution < -0.4 is 5.32 Å². The molecular formula is C13H28N2O2. The van der Waals surface area contributed by atoms with Crippen molar-refractivity contribution in [2.45, 2.75) is 39.4 Å². The van der Waals surface area contributed by atoms with E-state index in [1.165, 1.54) is 0 Å². The second kappa shape index (κ2) is 5.65. The topological polar surface area (TPSA) is 44.7 Å². The van der Waals surface area contributed by atoms with Gasteiger partial charge in [-0.05, 0) is 26.3 Å². The van der Waals surface area contributed by atoms with E-state index in [1.807, 2.05) is 7.05 Å². The number of nitrogens with one attached hydrogen (secondary N) is 1. The lowest BCUT2D eigenvalue weighted by Crippen LogP contribution is -2.56. The second-order valence-corrected chi connectivity index (χ2v) is 6.55. The third kappa shape index (κ3) is 4.92. The first kappa shape index (κ1) is 14.9. The fourth-order valence-corrected chi connectivity index (χ4v) is 2.77. The van der Waals surface area contributed by atoms with E-state index in [2.05, 4.69) is 37.9 Å². The monoisotopic (exact) mass is 244 g/mol. The molecule has 1 atom stereocenters. The number of hydrogen-bond donors (Lipinski definition) is 2. The van der Waals surface area contributed by atoms with Crippen molar-refractivity contribution in [2.75, 3.05) is 39.8 Å². The summed E-state index contributed by atoms with van der Waals surface area (Å²) >= 11 is 0.